The molecule has 2 aliphatic rings. The lowest BCUT2D eigenvalue weighted by molar-refractivity contribution is -0.0272. The van der Waals surface area contributed by atoms with Gasteiger partial charge in [0.05, 0.1) is 22.7 Å². The molecule has 7 nitrogen and oxygen atoms in total. The van der Waals surface area contributed by atoms with E-state index in [1.165, 1.54) is 16.9 Å². The van der Waals surface area contributed by atoms with Gasteiger partial charge in [-0.05, 0) is 68.0 Å². The van der Waals surface area contributed by atoms with Gasteiger partial charge in [0.25, 0.3) is 0 Å². The van der Waals surface area contributed by atoms with Gasteiger partial charge in [-0.1, -0.05) is 30.3 Å². The first kappa shape index (κ1) is 26.7. The molecule has 9 heteroatoms. The molecule has 2 aromatic carbocycles. The summed E-state index contributed by atoms with van der Waals surface area (Å²) in [5, 5.41) is 1.77. The smallest absolute Gasteiger partial charge is 0.410 e. The fraction of sp³-hybridized carbons (Fsp3) is 0.448. The van der Waals surface area contributed by atoms with Gasteiger partial charge in [0.15, 0.2) is 9.84 Å². The average molecular weight is 555 g/mol. The Labute approximate surface area is 228 Å². The number of carbonyl (C=O) groups is 1. The predicted molar refractivity (Wildman–Crippen MR) is 149 cm³/mol. The zero-order valence-corrected chi connectivity index (χ0v) is 23.7. The SMILES string of the molecule is CC(C)(C)OC(=O)N1CCC2(CCc3cc(-c4ccc(CS(=O)(=O)Cc5cscn5)cc4)ccc3O2)CC1. The van der Waals surface area contributed by atoms with Crippen molar-refractivity contribution < 1.29 is 22.7 Å². The van der Waals surface area contributed by atoms with Crippen molar-refractivity contribution in [2.24, 2.45) is 0 Å². The highest BCUT2D eigenvalue weighted by Gasteiger charge is 2.41. The molecule has 3 aromatic rings. The van der Waals surface area contributed by atoms with Crippen molar-refractivity contribution in [3.63, 3.8) is 0 Å². The standard InChI is InChI=1S/C29H34N2O5S2/c1-28(2,3)36-27(32)31-14-12-29(13-15-31)11-10-24-16-23(8-9-26(24)35-29)22-6-4-21(5-7-22)18-38(33,34)19-25-17-37-20-30-25/h4-9,16-17,20H,10-15,18-19H2,1-3H3. The molecular weight excluding hydrogens is 520 g/mol. The zero-order chi connectivity index (χ0) is 27.0. The first-order valence-electron chi connectivity index (χ1n) is 13.0. The molecule has 1 fully saturated rings. The Morgan fingerprint density at radius 3 is 2.42 bits per heavy atom. The molecule has 0 N–H and O–H groups in total. The number of nitrogens with zero attached hydrogens (tertiary/aromatic N) is 2. The van der Waals surface area contributed by atoms with E-state index >= 15 is 0 Å². The number of rotatable bonds is 5. The third kappa shape index (κ3) is 6.38. The van der Waals surface area contributed by atoms with Crippen LogP contribution in [0.3, 0.4) is 0 Å². The van der Waals surface area contributed by atoms with Crippen LogP contribution in [0.15, 0.2) is 53.4 Å². The van der Waals surface area contributed by atoms with Crippen molar-refractivity contribution in [1.82, 2.24) is 9.88 Å². The Balaban J connectivity index is 1.21. The van der Waals surface area contributed by atoms with E-state index in [-0.39, 0.29) is 23.2 Å². The van der Waals surface area contributed by atoms with Crippen LogP contribution >= 0.6 is 11.3 Å². The zero-order valence-electron chi connectivity index (χ0n) is 22.1. The Hall–Kier alpha value is -2.91. The van der Waals surface area contributed by atoms with E-state index < -0.39 is 15.4 Å². The molecule has 0 aliphatic carbocycles. The van der Waals surface area contributed by atoms with Crippen molar-refractivity contribution in [1.29, 1.82) is 0 Å². The number of hydrogen-bond donors (Lipinski definition) is 0. The Kier molecular flexibility index (Phi) is 7.26. The van der Waals surface area contributed by atoms with Gasteiger partial charge in [0.1, 0.15) is 17.0 Å². The summed E-state index contributed by atoms with van der Waals surface area (Å²) in [6, 6.07) is 14.0. The quantitative estimate of drug-likeness (QED) is 0.383. The maximum atomic E-state index is 12.5. The van der Waals surface area contributed by atoms with Crippen LogP contribution in [-0.4, -0.2) is 48.7 Å². The Bertz CT molecular complexity index is 1390. The van der Waals surface area contributed by atoms with Crippen molar-refractivity contribution in [2.75, 3.05) is 13.1 Å². The van der Waals surface area contributed by atoms with E-state index in [2.05, 4.69) is 17.1 Å². The molecule has 3 heterocycles. The van der Waals surface area contributed by atoms with Crippen LogP contribution < -0.4 is 4.74 Å². The number of piperidine rings is 1. The molecule has 1 aromatic heterocycles. The van der Waals surface area contributed by atoms with Crippen LogP contribution in [0, 0.1) is 0 Å². The fourth-order valence-electron chi connectivity index (χ4n) is 5.11. The molecule has 1 spiro atoms. The van der Waals surface area contributed by atoms with Crippen molar-refractivity contribution in [3.8, 4) is 16.9 Å². The first-order valence-corrected chi connectivity index (χ1v) is 15.7. The number of ether oxygens (including phenoxy) is 2. The second-order valence-electron chi connectivity index (χ2n) is 11.3. The van der Waals surface area contributed by atoms with Crippen molar-refractivity contribution in [2.45, 2.75) is 69.2 Å². The van der Waals surface area contributed by atoms with Gasteiger partial charge >= 0.3 is 6.09 Å². The summed E-state index contributed by atoms with van der Waals surface area (Å²) in [7, 11) is -3.28. The minimum atomic E-state index is -3.28. The molecule has 38 heavy (non-hydrogen) atoms. The monoisotopic (exact) mass is 554 g/mol. The molecule has 0 radical (unpaired) electrons. The normalized spacial score (nSPS) is 17.1. The molecule has 5 rings (SSSR count). The molecule has 1 amide bonds. The number of thiazole rings is 1. The van der Waals surface area contributed by atoms with Crippen LogP contribution in [0.4, 0.5) is 4.79 Å². The maximum Gasteiger partial charge on any atom is 0.410 e. The second-order valence-corrected chi connectivity index (χ2v) is 14.1. The number of benzene rings is 2. The minimum absolute atomic E-state index is 0.00370. The van der Waals surface area contributed by atoms with Gasteiger partial charge in [-0.15, -0.1) is 11.3 Å². The molecule has 0 saturated carbocycles. The summed E-state index contributed by atoms with van der Waals surface area (Å²) in [5.41, 5.74) is 5.58. The number of amides is 1. The predicted octanol–water partition coefficient (Wildman–Crippen LogP) is 6.02. The summed E-state index contributed by atoms with van der Waals surface area (Å²) >= 11 is 1.40. The third-order valence-corrected chi connectivity index (χ3v) is 9.23. The van der Waals surface area contributed by atoms with Gasteiger partial charge in [0.2, 0.25) is 0 Å². The maximum absolute atomic E-state index is 12.5. The van der Waals surface area contributed by atoms with Gasteiger partial charge in [-0.2, -0.15) is 0 Å². The number of hydrogen-bond acceptors (Lipinski definition) is 7. The highest BCUT2D eigenvalue weighted by molar-refractivity contribution is 7.89. The third-order valence-electron chi connectivity index (χ3n) is 7.09. The van der Waals surface area contributed by atoms with Crippen LogP contribution in [-0.2, 0) is 32.5 Å². The average Bonchev–Trinajstić information content (AvgIpc) is 3.35. The van der Waals surface area contributed by atoms with E-state index in [1.807, 2.05) is 51.1 Å². The van der Waals surface area contributed by atoms with Crippen LogP contribution in [0.1, 0.15) is 56.9 Å². The van der Waals surface area contributed by atoms with Crippen LogP contribution in [0.2, 0.25) is 0 Å². The number of sulfone groups is 1. The highest BCUT2D eigenvalue weighted by Crippen LogP contribution is 2.41. The lowest BCUT2D eigenvalue weighted by Crippen LogP contribution is -2.52. The number of carbonyl (C=O) groups excluding carboxylic acids is 1. The van der Waals surface area contributed by atoms with E-state index in [0.29, 0.717) is 18.8 Å². The Morgan fingerprint density at radius 2 is 1.76 bits per heavy atom. The molecule has 2 aliphatic heterocycles. The van der Waals surface area contributed by atoms with Crippen molar-refractivity contribution in [3.05, 3.63) is 70.2 Å². The molecular formula is C29H34N2O5S2. The lowest BCUT2D eigenvalue weighted by Gasteiger charge is -2.44. The van der Waals surface area contributed by atoms with Crippen LogP contribution in [0.25, 0.3) is 11.1 Å². The molecule has 202 valence electrons. The van der Waals surface area contributed by atoms with Crippen LogP contribution in [0.5, 0.6) is 5.75 Å². The topological polar surface area (TPSA) is 85.8 Å². The van der Waals surface area contributed by atoms with E-state index in [9.17, 15) is 13.2 Å². The summed E-state index contributed by atoms with van der Waals surface area (Å²) in [6.45, 7) is 6.92. The molecule has 1 saturated heterocycles. The lowest BCUT2D eigenvalue weighted by atomic mass is 9.82. The number of likely N-dealkylation sites (tertiary alicyclic amines) is 1. The fourth-order valence-corrected chi connectivity index (χ4v) is 7.18. The summed E-state index contributed by atoms with van der Waals surface area (Å²) in [6.07, 6.45) is 3.17. The summed E-state index contributed by atoms with van der Waals surface area (Å²) in [5.74, 6) is 0.871. The molecule has 0 unspecified atom stereocenters. The number of aryl methyl sites for hydroxylation is 1. The van der Waals surface area contributed by atoms with Crippen molar-refractivity contribution >= 4 is 27.3 Å². The van der Waals surface area contributed by atoms with E-state index in [1.54, 1.807) is 15.8 Å². The van der Waals surface area contributed by atoms with Gasteiger partial charge in [-0.25, -0.2) is 18.2 Å². The molecule has 0 atom stereocenters. The second kappa shape index (κ2) is 10.3. The van der Waals surface area contributed by atoms with Gasteiger partial charge < -0.3 is 14.4 Å². The largest absolute Gasteiger partial charge is 0.487 e. The van der Waals surface area contributed by atoms with Gasteiger partial charge in [0, 0.05) is 31.3 Å². The van der Waals surface area contributed by atoms with E-state index in [0.717, 1.165) is 48.1 Å². The Morgan fingerprint density at radius 1 is 1.05 bits per heavy atom. The first-order chi connectivity index (χ1) is 18.0. The number of aromatic nitrogens is 1. The molecule has 0 bridgehead atoms. The highest BCUT2D eigenvalue weighted by atomic mass is 32.2. The number of fused-ring (bicyclic) bond motifs is 1. The summed E-state index contributed by atoms with van der Waals surface area (Å²) < 4.78 is 37.2. The van der Waals surface area contributed by atoms with E-state index in [4.69, 9.17) is 9.47 Å². The summed E-state index contributed by atoms with van der Waals surface area (Å²) in [4.78, 5) is 18.3. The minimum Gasteiger partial charge on any atom is -0.487 e. The van der Waals surface area contributed by atoms with Gasteiger partial charge in [-0.3, -0.25) is 0 Å².